The lowest BCUT2D eigenvalue weighted by molar-refractivity contribution is 0.510. The van der Waals surface area contributed by atoms with Gasteiger partial charge in [0.1, 0.15) is 0 Å². The molecule has 0 spiro atoms. The van der Waals surface area contributed by atoms with E-state index >= 15 is 0 Å². The van der Waals surface area contributed by atoms with Gasteiger partial charge in [-0.3, -0.25) is 4.68 Å². The first-order valence-electron chi connectivity index (χ1n) is 8.00. The molecule has 2 aromatic rings. The first-order chi connectivity index (χ1) is 10.2. The molecule has 1 aromatic heterocycles. The van der Waals surface area contributed by atoms with Crippen LogP contribution in [-0.2, 0) is 6.54 Å². The van der Waals surface area contributed by atoms with Crippen LogP contribution < -0.4 is 5.32 Å². The summed E-state index contributed by atoms with van der Waals surface area (Å²) in [4.78, 5) is 0. The van der Waals surface area contributed by atoms with Crippen molar-refractivity contribution in [2.75, 3.05) is 6.54 Å². The van der Waals surface area contributed by atoms with Crippen molar-refractivity contribution in [2.45, 2.75) is 53.1 Å². The SMILES string of the molecule is CCCNC(c1cccc(C)c1C)c1ccnn1CCC. The van der Waals surface area contributed by atoms with Crippen LogP contribution in [0.3, 0.4) is 0 Å². The predicted octanol–water partition coefficient (Wildman–Crippen LogP) is 4.00. The highest BCUT2D eigenvalue weighted by Crippen LogP contribution is 2.26. The van der Waals surface area contributed by atoms with Crippen molar-refractivity contribution in [3.05, 3.63) is 52.8 Å². The van der Waals surface area contributed by atoms with Crippen LogP contribution in [0.5, 0.6) is 0 Å². The van der Waals surface area contributed by atoms with Gasteiger partial charge in [0.15, 0.2) is 0 Å². The Bertz CT molecular complexity index is 572. The van der Waals surface area contributed by atoms with E-state index in [4.69, 9.17) is 0 Å². The summed E-state index contributed by atoms with van der Waals surface area (Å²) in [6, 6.07) is 8.93. The minimum Gasteiger partial charge on any atom is -0.305 e. The van der Waals surface area contributed by atoms with E-state index in [0.29, 0.717) is 0 Å². The fraction of sp³-hybridized carbons (Fsp3) is 0.500. The lowest BCUT2D eigenvalue weighted by atomic mass is 9.95. The molecule has 0 aliphatic heterocycles. The van der Waals surface area contributed by atoms with E-state index in [-0.39, 0.29) is 6.04 Å². The van der Waals surface area contributed by atoms with E-state index in [1.54, 1.807) is 0 Å². The summed E-state index contributed by atoms with van der Waals surface area (Å²) in [5, 5.41) is 8.18. The molecule has 0 saturated carbocycles. The highest BCUT2D eigenvalue weighted by Gasteiger charge is 2.19. The molecule has 1 heterocycles. The second-order valence-electron chi connectivity index (χ2n) is 5.66. The highest BCUT2D eigenvalue weighted by molar-refractivity contribution is 5.39. The molecule has 1 unspecified atom stereocenters. The molecule has 3 nitrogen and oxygen atoms in total. The summed E-state index contributed by atoms with van der Waals surface area (Å²) in [6.45, 7) is 10.8. The van der Waals surface area contributed by atoms with Crippen LogP contribution >= 0.6 is 0 Å². The van der Waals surface area contributed by atoms with Crippen molar-refractivity contribution in [1.29, 1.82) is 0 Å². The molecule has 0 aliphatic carbocycles. The van der Waals surface area contributed by atoms with Gasteiger partial charge in [0.25, 0.3) is 0 Å². The van der Waals surface area contributed by atoms with Crippen molar-refractivity contribution < 1.29 is 0 Å². The average molecular weight is 285 g/mol. The number of hydrogen-bond acceptors (Lipinski definition) is 2. The minimum atomic E-state index is 0.221. The molecule has 3 heteroatoms. The van der Waals surface area contributed by atoms with E-state index < -0.39 is 0 Å². The third-order valence-electron chi connectivity index (χ3n) is 4.04. The van der Waals surface area contributed by atoms with Crippen molar-refractivity contribution in [2.24, 2.45) is 0 Å². The monoisotopic (exact) mass is 285 g/mol. The van der Waals surface area contributed by atoms with Crippen molar-refractivity contribution in [1.82, 2.24) is 15.1 Å². The second-order valence-corrected chi connectivity index (χ2v) is 5.66. The Morgan fingerprint density at radius 3 is 2.67 bits per heavy atom. The fourth-order valence-electron chi connectivity index (χ4n) is 2.74. The van der Waals surface area contributed by atoms with E-state index in [9.17, 15) is 0 Å². The van der Waals surface area contributed by atoms with Gasteiger partial charge in [-0.15, -0.1) is 0 Å². The molecule has 21 heavy (non-hydrogen) atoms. The maximum atomic E-state index is 4.49. The van der Waals surface area contributed by atoms with E-state index in [1.807, 2.05) is 6.20 Å². The van der Waals surface area contributed by atoms with Crippen molar-refractivity contribution in [3.8, 4) is 0 Å². The third kappa shape index (κ3) is 3.53. The topological polar surface area (TPSA) is 29.9 Å². The van der Waals surface area contributed by atoms with E-state index in [0.717, 1.165) is 25.9 Å². The Kier molecular flexibility index (Phi) is 5.57. The van der Waals surface area contributed by atoms with Crippen LogP contribution in [0.2, 0.25) is 0 Å². The quantitative estimate of drug-likeness (QED) is 0.833. The van der Waals surface area contributed by atoms with Crippen LogP contribution in [0, 0.1) is 13.8 Å². The Morgan fingerprint density at radius 2 is 1.95 bits per heavy atom. The van der Waals surface area contributed by atoms with Gasteiger partial charge >= 0.3 is 0 Å². The largest absolute Gasteiger partial charge is 0.305 e. The number of nitrogens with zero attached hydrogens (tertiary/aromatic N) is 2. The van der Waals surface area contributed by atoms with Crippen LogP contribution in [0.25, 0.3) is 0 Å². The van der Waals surface area contributed by atoms with Gasteiger partial charge in [-0.25, -0.2) is 0 Å². The summed E-state index contributed by atoms with van der Waals surface area (Å²) < 4.78 is 2.13. The van der Waals surface area contributed by atoms with Crippen LogP contribution in [0.4, 0.5) is 0 Å². The molecule has 2 rings (SSSR count). The zero-order chi connectivity index (χ0) is 15.2. The Balaban J connectivity index is 2.42. The molecule has 0 aliphatic rings. The number of nitrogens with one attached hydrogen (secondary N) is 1. The molecule has 1 N–H and O–H groups in total. The van der Waals surface area contributed by atoms with Gasteiger partial charge in [-0.1, -0.05) is 32.0 Å². The van der Waals surface area contributed by atoms with Gasteiger partial charge < -0.3 is 5.32 Å². The van der Waals surface area contributed by atoms with Gasteiger partial charge in [0, 0.05) is 12.7 Å². The number of rotatable bonds is 7. The van der Waals surface area contributed by atoms with Gasteiger partial charge in [-0.2, -0.15) is 5.10 Å². The summed E-state index contributed by atoms with van der Waals surface area (Å²) >= 11 is 0. The standard InChI is InChI=1S/C18H27N3/c1-5-11-19-18(16-9-7-8-14(3)15(16)4)17-10-12-20-21(17)13-6-2/h7-10,12,18-19H,5-6,11,13H2,1-4H3. The van der Waals surface area contributed by atoms with Crippen molar-refractivity contribution in [3.63, 3.8) is 0 Å². The lowest BCUT2D eigenvalue weighted by Gasteiger charge is -2.23. The maximum absolute atomic E-state index is 4.49. The Hall–Kier alpha value is -1.61. The molecule has 0 bridgehead atoms. The smallest absolute Gasteiger partial charge is 0.0750 e. The zero-order valence-corrected chi connectivity index (χ0v) is 13.7. The average Bonchev–Trinajstić information content (AvgIpc) is 2.92. The maximum Gasteiger partial charge on any atom is 0.0750 e. The number of benzene rings is 1. The molecule has 0 saturated heterocycles. The number of aryl methyl sites for hydroxylation is 2. The molecule has 1 aromatic carbocycles. The molecular weight excluding hydrogens is 258 g/mol. The Morgan fingerprint density at radius 1 is 1.14 bits per heavy atom. The van der Waals surface area contributed by atoms with Crippen LogP contribution in [0.15, 0.2) is 30.5 Å². The lowest BCUT2D eigenvalue weighted by Crippen LogP contribution is -2.26. The first kappa shape index (κ1) is 15.8. The number of hydrogen-bond donors (Lipinski definition) is 1. The zero-order valence-electron chi connectivity index (χ0n) is 13.7. The van der Waals surface area contributed by atoms with Gasteiger partial charge in [0.2, 0.25) is 0 Å². The molecule has 0 amide bonds. The predicted molar refractivity (Wildman–Crippen MR) is 88.6 cm³/mol. The fourth-order valence-corrected chi connectivity index (χ4v) is 2.74. The summed E-state index contributed by atoms with van der Waals surface area (Å²) in [5.41, 5.74) is 5.34. The highest BCUT2D eigenvalue weighted by atomic mass is 15.3. The molecule has 1 atom stereocenters. The van der Waals surface area contributed by atoms with E-state index in [2.05, 4.69) is 67.1 Å². The summed E-state index contributed by atoms with van der Waals surface area (Å²) in [7, 11) is 0. The molecular formula is C18H27N3. The molecule has 114 valence electrons. The minimum absolute atomic E-state index is 0.221. The second kappa shape index (κ2) is 7.41. The normalized spacial score (nSPS) is 12.6. The van der Waals surface area contributed by atoms with Crippen LogP contribution in [0.1, 0.15) is 55.1 Å². The third-order valence-corrected chi connectivity index (χ3v) is 4.04. The van der Waals surface area contributed by atoms with Gasteiger partial charge in [-0.05, 0) is 56.0 Å². The van der Waals surface area contributed by atoms with Crippen LogP contribution in [-0.4, -0.2) is 16.3 Å². The molecule has 0 fully saturated rings. The Labute approximate surface area is 128 Å². The first-order valence-corrected chi connectivity index (χ1v) is 8.00. The summed E-state index contributed by atoms with van der Waals surface area (Å²) in [5.74, 6) is 0. The summed E-state index contributed by atoms with van der Waals surface area (Å²) in [6.07, 6.45) is 4.14. The van der Waals surface area contributed by atoms with Crippen molar-refractivity contribution >= 4 is 0 Å². The van der Waals surface area contributed by atoms with Gasteiger partial charge in [0.05, 0.1) is 11.7 Å². The molecule has 0 radical (unpaired) electrons. The van der Waals surface area contributed by atoms with E-state index in [1.165, 1.54) is 22.4 Å². The number of aromatic nitrogens is 2.